The van der Waals surface area contributed by atoms with Crippen LogP contribution in [-0.2, 0) is 20.6 Å². The lowest BCUT2D eigenvalue weighted by molar-refractivity contribution is -0.115. The third-order valence-corrected chi connectivity index (χ3v) is 4.44. The van der Waals surface area contributed by atoms with E-state index in [4.69, 9.17) is 0 Å². The van der Waals surface area contributed by atoms with Gasteiger partial charge < -0.3 is 5.32 Å². The van der Waals surface area contributed by atoms with E-state index < -0.39 is 28.3 Å². The standard InChI is InChI=1S/C16H17FN2O3S/c1-12-6-5-9-14(17)16(12)19-15(20)10-18-23(21,22)11-13-7-3-2-4-8-13/h2-9,18H,10-11H2,1H3,(H,19,20). The zero-order valence-electron chi connectivity index (χ0n) is 12.5. The third-order valence-electron chi connectivity index (χ3n) is 3.14. The van der Waals surface area contributed by atoms with Crippen LogP contribution in [0.4, 0.5) is 10.1 Å². The highest BCUT2D eigenvalue weighted by Crippen LogP contribution is 2.18. The number of benzene rings is 2. The summed E-state index contributed by atoms with van der Waals surface area (Å²) in [6.07, 6.45) is 0. The molecule has 0 saturated carbocycles. The lowest BCUT2D eigenvalue weighted by Gasteiger charge is -2.10. The predicted molar refractivity (Wildman–Crippen MR) is 86.8 cm³/mol. The number of aryl methyl sites for hydroxylation is 1. The fraction of sp³-hybridized carbons (Fsp3) is 0.188. The number of rotatable bonds is 6. The van der Waals surface area contributed by atoms with Crippen molar-refractivity contribution >= 4 is 21.6 Å². The summed E-state index contributed by atoms with van der Waals surface area (Å²) in [5, 5.41) is 2.37. The first kappa shape index (κ1) is 17.1. The monoisotopic (exact) mass is 336 g/mol. The van der Waals surface area contributed by atoms with Crippen LogP contribution in [0.2, 0.25) is 0 Å². The maximum absolute atomic E-state index is 13.6. The van der Waals surface area contributed by atoms with Crippen molar-refractivity contribution in [1.29, 1.82) is 0 Å². The normalized spacial score (nSPS) is 11.2. The second-order valence-corrected chi connectivity index (χ2v) is 6.85. The number of carbonyl (C=O) groups excluding carboxylic acids is 1. The summed E-state index contributed by atoms with van der Waals surface area (Å²) < 4.78 is 39.7. The van der Waals surface area contributed by atoms with Gasteiger partial charge in [-0.3, -0.25) is 4.79 Å². The minimum atomic E-state index is -3.65. The summed E-state index contributed by atoms with van der Waals surface area (Å²) in [5.74, 6) is -1.42. The average molecular weight is 336 g/mol. The summed E-state index contributed by atoms with van der Waals surface area (Å²) in [6, 6.07) is 13.0. The Morgan fingerprint density at radius 2 is 1.78 bits per heavy atom. The van der Waals surface area contributed by atoms with Crippen LogP contribution in [-0.4, -0.2) is 20.9 Å². The number of sulfonamides is 1. The molecule has 0 heterocycles. The number of anilines is 1. The number of para-hydroxylation sites is 1. The number of hydrogen-bond acceptors (Lipinski definition) is 3. The van der Waals surface area contributed by atoms with Gasteiger partial charge in [0.25, 0.3) is 0 Å². The fourth-order valence-corrected chi connectivity index (χ4v) is 3.08. The molecule has 0 aliphatic heterocycles. The SMILES string of the molecule is Cc1cccc(F)c1NC(=O)CNS(=O)(=O)Cc1ccccc1. The van der Waals surface area contributed by atoms with E-state index in [0.717, 1.165) is 0 Å². The molecule has 0 atom stereocenters. The van der Waals surface area contributed by atoms with Crippen molar-refractivity contribution in [1.82, 2.24) is 4.72 Å². The number of amides is 1. The Hall–Kier alpha value is -2.25. The first-order valence-electron chi connectivity index (χ1n) is 6.93. The molecule has 1 amide bonds. The maximum Gasteiger partial charge on any atom is 0.239 e. The molecule has 5 nitrogen and oxygen atoms in total. The molecule has 2 aromatic rings. The van der Waals surface area contributed by atoms with Crippen LogP contribution < -0.4 is 10.0 Å². The Balaban J connectivity index is 1.93. The summed E-state index contributed by atoms with van der Waals surface area (Å²) in [6.45, 7) is 1.20. The van der Waals surface area contributed by atoms with Gasteiger partial charge in [0.15, 0.2) is 0 Å². The molecule has 2 N–H and O–H groups in total. The van der Waals surface area contributed by atoms with E-state index in [2.05, 4.69) is 10.0 Å². The summed E-state index contributed by atoms with van der Waals surface area (Å²) in [5.41, 5.74) is 1.23. The molecule has 2 aromatic carbocycles. The van der Waals surface area contributed by atoms with Gasteiger partial charge >= 0.3 is 0 Å². The van der Waals surface area contributed by atoms with Gasteiger partial charge in [-0.25, -0.2) is 17.5 Å². The van der Waals surface area contributed by atoms with Gasteiger partial charge in [-0.15, -0.1) is 0 Å². The molecule has 122 valence electrons. The molecule has 0 bridgehead atoms. The van der Waals surface area contributed by atoms with Crippen LogP contribution in [0.5, 0.6) is 0 Å². The number of carbonyl (C=O) groups is 1. The van der Waals surface area contributed by atoms with E-state index in [1.165, 1.54) is 12.1 Å². The highest BCUT2D eigenvalue weighted by atomic mass is 32.2. The lowest BCUT2D eigenvalue weighted by Crippen LogP contribution is -2.34. The van der Waals surface area contributed by atoms with Gasteiger partial charge in [0, 0.05) is 0 Å². The highest BCUT2D eigenvalue weighted by Gasteiger charge is 2.15. The maximum atomic E-state index is 13.6. The van der Waals surface area contributed by atoms with Crippen LogP contribution in [0.15, 0.2) is 48.5 Å². The zero-order chi connectivity index (χ0) is 16.9. The summed E-state index contributed by atoms with van der Waals surface area (Å²) in [7, 11) is -3.65. The molecule has 23 heavy (non-hydrogen) atoms. The molecule has 0 aliphatic rings. The summed E-state index contributed by atoms with van der Waals surface area (Å²) >= 11 is 0. The van der Waals surface area contributed by atoms with Crippen molar-refractivity contribution in [2.75, 3.05) is 11.9 Å². The average Bonchev–Trinajstić information content (AvgIpc) is 2.50. The minimum absolute atomic E-state index is 0.0553. The van der Waals surface area contributed by atoms with Gasteiger partial charge in [-0.05, 0) is 24.1 Å². The van der Waals surface area contributed by atoms with E-state index in [1.54, 1.807) is 43.3 Å². The van der Waals surface area contributed by atoms with E-state index >= 15 is 0 Å². The van der Waals surface area contributed by atoms with E-state index in [0.29, 0.717) is 11.1 Å². The molecule has 0 aromatic heterocycles. The Labute approximate surface area is 134 Å². The van der Waals surface area contributed by atoms with Gasteiger partial charge in [0.2, 0.25) is 15.9 Å². The van der Waals surface area contributed by atoms with Crippen molar-refractivity contribution in [2.45, 2.75) is 12.7 Å². The molecule has 0 aliphatic carbocycles. The Bertz CT molecular complexity index is 772. The Morgan fingerprint density at radius 3 is 2.43 bits per heavy atom. The third kappa shape index (κ3) is 5.15. The topological polar surface area (TPSA) is 75.3 Å². The molecular weight excluding hydrogens is 319 g/mol. The minimum Gasteiger partial charge on any atom is -0.322 e. The predicted octanol–water partition coefficient (Wildman–Crippen LogP) is 2.19. The van der Waals surface area contributed by atoms with Gasteiger partial charge in [0.05, 0.1) is 18.0 Å². The quantitative estimate of drug-likeness (QED) is 0.849. The van der Waals surface area contributed by atoms with Crippen molar-refractivity contribution in [3.63, 3.8) is 0 Å². The smallest absolute Gasteiger partial charge is 0.239 e. The lowest BCUT2D eigenvalue weighted by atomic mass is 10.2. The molecule has 7 heteroatoms. The second kappa shape index (κ2) is 7.34. The Kier molecular flexibility index (Phi) is 5.46. The molecule has 0 fully saturated rings. The van der Waals surface area contributed by atoms with Crippen molar-refractivity contribution in [3.8, 4) is 0 Å². The number of nitrogens with one attached hydrogen (secondary N) is 2. The first-order valence-corrected chi connectivity index (χ1v) is 8.59. The molecule has 0 saturated heterocycles. The highest BCUT2D eigenvalue weighted by molar-refractivity contribution is 7.88. The number of hydrogen-bond donors (Lipinski definition) is 2. The molecule has 0 unspecified atom stereocenters. The van der Waals surface area contributed by atoms with Crippen LogP contribution in [0.3, 0.4) is 0 Å². The van der Waals surface area contributed by atoms with Crippen LogP contribution in [0, 0.1) is 12.7 Å². The van der Waals surface area contributed by atoms with Gasteiger partial charge in [0.1, 0.15) is 5.82 Å². The molecular formula is C16H17FN2O3S. The second-order valence-electron chi connectivity index (χ2n) is 5.05. The zero-order valence-corrected chi connectivity index (χ0v) is 13.4. The molecule has 2 rings (SSSR count). The van der Waals surface area contributed by atoms with Crippen LogP contribution in [0.1, 0.15) is 11.1 Å². The van der Waals surface area contributed by atoms with Crippen LogP contribution in [0.25, 0.3) is 0 Å². The van der Waals surface area contributed by atoms with Crippen LogP contribution >= 0.6 is 0 Å². The number of halogens is 1. The van der Waals surface area contributed by atoms with E-state index in [1.807, 2.05) is 0 Å². The van der Waals surface area contributed by atoms with Gasteiger partial charge in [-0.1, -0.05) is 42.5 Å². The molecule has 0 spiro atoms. The fourth-order valence-electron chi connectivity index (χ4n) is 1.99. The van der Waals surface area contributed by atoms with Crippen molar-refractivity contribution in [2.24, 2.45) is 0 Å². The first-order chi connectivity index (χ1) is 10.9. The largest absolute Gasteiger partial charge is 0.322 e. The Morgan fingerprint density at radius 1 is 1.09 bits per heavy atom. The molecule has 0 radical (unpaired) electrons. The summed E-state index contributed by atoms with van der Waals surface area (Å²) in [4.78, 5) is 11.8. The van der Waals surface area contributed by atoms with Crippen molar-refractivity contribution < 1.29 is 17.6 Å². The van der Waals surface area contributed by atoms with Crippen molar-refractivity contribution in [3.05, 3.63) is 65.5 Å². The van der Waals surface area contributed by atoms with E-state index in [-0.39, 0.29) is 11.4 Å². The van der Waals surface area contributed by atoms with E-state index in [9.17, 15) is 17.6 Å². The van der Waals surface area contributed by atoms with Gasteiger partial charge in [-0.2, -0.15) is 0 Å².